The summed E-state index contributed by atoms with van der Waals surface area (Å²) in [6.07, 6.45) is 0. The molecule has 0 radical (unpaired) electrons. The Kier molecular flexibility index (Phi) is 4.52. The number of hydrogen-bond donors (Lipinski definition) is 0. The molecule has 0 aliphatic rings. The van der Waals surface area contributed by atoms with Gasteiger partial charge in [0.1, 0.15) is 12.4 Å². The molecule has 0 heterocycles. The summed E-state index contributed by atoms with van der Waals surface area (Å²) in [6.45, 7) is 1.48. The van der Waals surface area contributed by atoms with Gasteiger partial charge in [-0.3, -0.25) is 0 Å². The van der Waals surface area contributed by atoms with Gasteiger partial charge in [-0.05, 0) is 32.3 Å². The molecular weight excluding hydrogens is 221 g/mol. The van der Waals surface area contributed by atoms with Crippen molar-refractivity contribution < 1.29 is 4.74 Å². The smallest absolute Gasteiger partial charge is 0.138 e. The van der Waals surface area contributed by atoms with Gasteiger partial charge in [-0.25, -0.2) is 0 Å². The van der Waals surface area contributed by atoms with Gasteiger partial charge in [0.2, 0.25) is 0 Å². The molecule has 1 aromatic carbocycles. The third-order valence-corrected chi connectivity index (χ3v) is 2.22. The topological polar surface area (TPSA) is 12.5 Å². The molecule has 0 atom stereocenters. The van der Waals surface area contributed by atoms with Gasteiger partial charge in [-0.2, -0.15) is 0 Å². The van der Waals surface area contributed by atoms with E-state index in [1.165, 1.54) is 0 Å². The standard InChI is InChI=1S/C10H13Cl2NO/c1-13(2)5-6-14-10-4-3-8(11)7-9(10)12/h3-4,7H,5-6H2,1-2H3. The average Bonchev–Trinajstić information content (AvgIpc) is 2.08. The van der Waals surface area contributed by atoms with E-state index in [1.54, 1.807) is 18.2 Å². The number of halogens is 2. The fraction of sp³-hybridized carbons (Fsp3) is 0.400. The normalized spacial score (nSPS) is 10.6. The Morgan fingerprint density at radius 2 is 2.00 bits per heavy atom. The van der Waals surface area contributed by atoms with Crippen molar-refractivity contribution in [2.24, 2.45) is 0 Å². The molecule has 4 heteroatoms. The molecule has 0 saturated heterocycles. The highest BCUT2D eigenvalue weighted by Crippen LogP contribution is 2.27. The van der Waals surface area contributed by atoms with Gasteiger partial charge in [0.05, 0.1) is 5.02 Å². The third kappa shape index (κ3) is 3.74. The number of likely N-dealkylation sites (N-methyl/N-ethyl adjacent to an activating group) is 1. The molecule has 1 aromatic rings. The zero-order valence-electron chi connectivity index (χ0n) is 8.26. The summed E-state index contributed by atoms with van der Waals surface area (Å²) in [5.41, 5.74) is 0. The Morgan fingerprint density at radius 3 is 2.57 bits per heavy atom. The maximum absolute atomic E-state index is 5.92. The maximum Gasteiger partial charge on any atom is 0.138 e. The zero-order chi connectivity index (χ0) is 10.6. The lowest BCUT2D eigenvalue weighted by Gasteiger charge is -2.11. The summed E-state index contributed by atoms with van der Waals surface area (Å²) in [5.74, 6) is 0.679. The predicted octanol–water partition coefficient (Wildman–Crippen LogP) is 2.93. The number of nitrogens with zero attached hydrogens (tertiary/aromatic N) is 1. The van der Waals surface area contributed by atoms with Crippen molar-refractivity contribution >= 4 is 23.2 Å². The first-order chi connectivity index (χ1) is 6.59. The number of rotatable bonds is 4. The summed E-state index contributed by atoms with van der Waals surface area (Å²) in [5, 5.41) is 1.17. The van der Waals surface area contributed by atoms with E-state index >= 15 is 0 Å². The molecular formula is C10H13Cl2NO. The minimum absolute atomic E-state index is 0.552. The molecule has 0 aromatic heterocycles. The summed E-state index contributed by atoms with van der Waals surface area (Å²) >= 11 is 11.7. The maximum atomic E-state index is 5.92. The van der Waals surface area contributed by atoms with E-state index < -0.39 is 0 Å². The Bertz CT molecular complexity index is 302. The van der Waals surface area contributed by atoms with Crippen molar-refractivity contribution in [3.8, 4) is 5.75 Å². The molecule has 0 aliphatic carbocycles. The Morgan fingerprint density at radius 1 is 1.29 bits per heavy atom. The zero-order valence-corrected chi connectivity index (χ0v) is 9.77. The van der Waals surface area contributed by atoms with Crippen LogP contribution in [0.15, 0.2) is 18.2 Å². The van der Waals surface area contributed by atoms with Gasteiger partial charge >= 0.3 is 0 Å². The average molecular weight is 234 g/mol. The Hall–Kier alpha value is -0.440. The first-order valence-corrected chi connectivity index (χ1v) is 5.08. The van der Waals surface area contributed by atoms with Crippen molar-refractivity contribution in [1.29, 1.82) is 0 Å². The highest BCUT2D eigenvalue weighted by Gasteiger charge is 2.01. The van der Waals surface area contributed by atoms with Crippen LogP contribution in [0.3, 0.4) is 0 Å². The van der Waals surface area contributed by atoms with Gasteiger partial charge in [0, 0.05) is 11.6 Å². The molecule has 78 valence electrons. The van der Waals surface area contributed by atoms with Gasteiger partial charge in [-0.15, -0.1) is 0 Å². The largest absolute Gasteiger partial charge is 0.491 e. The minimum Gasteiger partial charge on any atom is -0.491 e. The molecule has 0 N–H and O–H groups in total. The summed E-state index contributed by atoms with van der Waals surface area (Å²) in [4.78, 5) is 2.05. The van der Waals surface area contributed by atoms with Crippen LogP contribution in [-0.4, -0.2) is 32.1 Å². The van der Waals surface area contributed by atoms with Crippen molar-refractivity contribution in [3.05, 3.63) is 28.2 Å². The predicted molar refractivity (Wildman–Crippen MR) is 60.5 cm³/mol. The van der Waals surface area contributed by atoms with Gasteiger partial charge in [0.15, 0.2) is 0 Å². The summed E-state index contributed by atoms with van der Waals surface area (Å²) in [7, 11) is 3.99. The second-order valence-corrected chi connectivity index (χ2v) is 4.07. The van der Waals surface area contributed by atoms with Crippen molar-refractivity contribution in [2.45, 2.75) is 0 Å². The Labute approximate surface area is 94.4 Å². The van der Waals surface area contributed by atoms with E-state index in [0.29, 0.717) is 22.4 Å². The highest BCUT2D eigenvalue weighted by molar-refractivity contribution is 6.35. The lowest BCUT2D eigenvalue weighted by atomic mass is 10.3. The van der Waals surface area contributed by atoms with E-state index in [9.17, 15) is 0 Å². The van der Waals surface area contributed by atoms with Crippen LogP contribution in [0.2, 0.25) is 10.0 Å². The van der Waals surface area contributed by atoms with Crippen molar-refractivity contribution in [1.82, 2.24) is 4.90 Å². The van der Waals surface area contributed by atoms with Crippen LogP contribution < -0.4 is 4.74 Å². The van der Waals surface area contributed by atoms with Crippen molar-refractivity contribution in [2.75, 3.05) is 27.2 Å². The van der Waals surface area contributed by atoms with Gasteiger partial charge in [0.25, 0.3) is 0 Å². The van der Waals surface area contributed by atoms with E-state index in [0.717, 1.165) is 6.54 Å². The van der Waals surface area contributed by atoms with Crippen LogP contribution in [0.4, 0.5) is 0 Å². The van der Waals surface area contributed by atoms with E-state index in [1.807, 2.05) is 19.0 Å². The first kappa shape index (κ1) is 11.6. The summed E-state index contributed by atoms with van der Waals surface area (Å²) in [6, 6.07) is 5.22. The van der Waals surface area contributed by atoms with E-state index in [-0.39, 0.29) is 0 Å². The highest BCUT2D eigenvalue weighted by atomic mass is 35.5. The van der Waals surface area contributed by atoms with Crippen LogP contribution in [-0.2, 0) is 0 Å². The third-order valence-electron chi connectivity index (χ3n) is 1.69. The number of ether oxygens (including phenoxy) is 1. The second-order valence-electron chi connectivity index (χ2n) is 3.23. The second kappa shape index (κ2) is 5.44. The van der Waals surface area contributed by atoms with Gasteiger partial charge < -0.3 is 9.64 Å². The molecule has 1 rings (SSSR count). The van der Waals surface area contributed by atoms with Gasteiger partial charge in [-0.1, -0.05) is 23.2 Å². The quantitative estimate of drug-likeness (QED) is 0.794. The van der Waals surface area contributed by atoms with Crippen molar-refractivity contribution in [3.63, 3.8) is 0 Å². The molecule has 14 heavy (non-hydrogen) atoms. The SMILES string of the molecule is CN(C)CCOc1ccc(Cl)cc1Cl. The minimum atomic E-state index is 0.552. The monoisotopic (exact) mass is 233 g/mol. The molecule has 0 spiro atoms. The summed E-state index contributed by atoms with van der Waals surface area (Å²) < 4.78 is 5.47. The fourth-order valence-electron chi connectivity index (χ4n) is 0.930. The number of benzene rings is 1. The lowest BCUT2D eigenvalue weighted by molar-refractivity contribution is 0.261. The molecule has 0 amide bonds. The molecule has 2 nitrogen and oxygen atoms in total. The molecule has 0 fully saturated rings. The number of hydrogen-bond acceptors (Lipinski definition) is 2. The first-order valence-electron chi connectivity index (χ1n) is 4.32. The fourth-order valence-corrected chi connectivity index (χ4v) is 1.39. The molecule has 0 aliphatic heterocycles. The van der Waals surface area contributed by atoms with Crippen LogP contribution >= 0.6 is 23.2 Å². The van der Waals surface area contributed by atoms with Crippen LogP contribution in [0.1, 0.15) is 0 Å². The Balaban J connectivity index is 2.51. The van der Waals surface area contributed by atoms with E-state index in [4.69, 9.17) is 27.9 Å². The van der Waals surface area contributed by atoms with E-state index in [2.05, 4.69) is 0 Å². The lowest BCUT2D eigenvalue weighted by Crippen LogP contribution is -2.19. The van der Waals surface area contributed by atoms with Crippen LogP contribution in [0.5, 0.6) is 5.75 Å². The molecule has 0 saturated carbocycles. The van der Waals surface area contributed by atoms with Crippen LogP contribution in [0, 0.1) is 0 Å². The molecule has 0 bridgehead atoms. The molecule has 0 unspecified atom stereocenters. The van der Waals surface area contributed by atoms with Crippen LogP contribution in [0.25, 0.3) is 0 Å².